The summed E-state index contributed by atoms with van der Waals surface area (Å²) in [4.78, 5) is 0. The van der Waals surface area contributed by atoms with E-state index in [1.807, 2.05) is 17.8 Å². The lowest BCUT2D eigenvalue weighted by Crippen LogP contribution is -2.47. The Kier molecular flexibility index (Phi) is 3.76. The van der Waals surface area contributed by atoms with Gasteiger partial charge in [0.1, 0.15) is 0 Å². The van der Waals surface area contributed by atoms with Crippen molar-refractivity contribution in [3.63, 3.8) is 0 Å². The van der Waals surface area contributed by atoms with E-state index in [-0.39, 0.29) is 12.1 Å². The minimum atomic E-state index is -0.215. The molecule has 96 valence electrons. The van der Waals surface area contributed by atoms with Crippen LogP contribution in [-0.2, 0) is 6.54 Å². The van der Waals surface area contributed by atoms with Crippen LogP contribution in [-0.4, -0.2) is 33.1 Å². The molecule has 4 nitrogen and oxygen atoms in total. The lowest BCUT2D eigenvalue weighted by molar-refractivity contribution is 0.157. The van der Waals surface area contributed by atoms with Crippen molar-refractivity contribution in [2.45, 2.75) is 51.2 Å². The molecule has 1 heterocycles. The summed E-state index contributed by atoms with van der Waals surface area (Å²) < 4.78 is 1.85. The minimum Gasteiger partial charge on any atom is -0.394 e. The van der Waals surface area contributed by atoms with Crippen molar-refractivity contribution in [3.05, 3.63) is 16.9 Å². The molecule has 0 saturated heterocycles. The molecule has 17 heavy (non-hydrogen) atoms. The number of aliphatic hydroxyl groups is 1. The number of hydrogen-bond donors (Lipinski definition) is 2. The van der Waals surface area contributed by atoms with E-state index in [0.717, 1.165) is 18.7 Å². The van der Waals surface area contributed by atoms with Crippen molar-refractivity contribution in [1.82, 2.24) is 15.1 Å². The first-order chi connectivity index (χ1) is 8.02. The molecule has 1 aliphatic carbocycles. The zero-order valence-corrected chi connectivity index (χ0v) is 11.2. The topological polar surface area (TPSA) is 50.1 Å². The van der Waals surface area contributed by atoms with Crippen LogP contribution in [0.2, 0.25) is 5.02 Å². The molecule has 1 aromatic heterocycles. The molecule has 1 saturated carbocycles. The molecule has 0 radical (unpaired) electrons. The Morgan fingerprint density at radius 3 is 2.82 bits per heavy atom. The molecule has 2 N–H and O–H groups in total. The number of aliphatic hydroxyl groups excluding tert-OH is 1. The predicted molar refractivity (Wildman–Crippen MR) is 68.2 cm³/mol. The van der Waals surface area contributed by atoms with Crippen LogP contribution in [0.3, 0.4) is 0 Å². The lowest BCUT2D eigenvalue weighted by Gasteiger charge is -2.29. The number of hydrogen-bond acceptors (Lipinski definition) is 3. The summed E-state index contributed by atoms with van der Waals surface area (Å²) in [5.41, 5.74) is 0.639. The number of nitrogens with one attached hydrogen (secondary N) is 1. The third-order valence-electron chi connectivity index (χ3n) is 3.26. The summed E-state index contributed by atoms with van der Waals surface area (Å²) in [7, 11) is 0. The molecule has 1 fully saturated rings. The van der Waals surface area contributed by atoms with Gasteiger partial charge in [-0.25, -0.2) is 0 Å². The zero-order valence-electron chi connectivity index (χ0n) is 10.4. The summed E-state index contributed by atoms with van der Waals surface area (Å²) >= 11 is 5.96. The average molecular weight is 258 g/mol. The van der Waals surface area contributed by atoms with Crippen molar-refractivity contribution >= 4 is 11.6 Å². The van der Waals surface area contributed by atoms with E-state index in [2.05, 4.69) is 17.3 Å². The molecule has 1 atom stereocenters. The van der Waals surface area contributed by atoms with Gasteiger partial charge in [0, 0.05) is 24.3 Å². The molecule has 0 spiro atoms. The van der Waals surface area contributed by atoms with Crippen molar-refractivity contribution in [2.24, 2.45) is 0 Å². The first-order valence-electron chi connectivity index (χ1n) is 6.10. The predicted octanol–water partition coefficient (Wildman–Crippen LogP) is 1.74. The molecule has 1 aliphatic rings. The van der Waals surface area contributed by atoms with Gasteiger partial charge >= 0.3 is 0 Å². The van der Waals surface area contributed by atoms with Gasteiger partial charge in [0.05, 0.1) is 17.3 Å². The van der Waals surface area contributed by atoms with E-state index < -0.39 is 0 Å². The smallest absolute Gasteiger partial charge is 0.0814 e. The molecule has 0 bridgehead atoms. The van der Waals surface area contributed by atoms with Crippen LogP contribution in [0.1, 0.15) is 31.9 Å². The summed E-state index contributed by atoms with van der Waals surface area (Å²) in [5.74, 6) is 0. The Balaban J connectivity index is 1.90. The summed E-state index contributed by atoms with van der Waals surface area (Å²) in [5, 5.41) is 18.0. The first kappa shape index (κ1) is 12.9. The summed E-state index contributed by atoms with van der Waals surface area (Å²) in [6.45, 7) is 4.87. The van der Waals surface area contributed by atoms with Gasteiger partial charge in [-0.1, -0.05) is 11.6 Å². The highest BCUT2D eigenvalue weighted by molar-refractivity contribution is 6.31. The molecule has 0 amide bonds. The van der Waals surface area contributed by atoms with Crippen molar-refractivity contribution < 1.29 is 5.11 Å². The maximum atomic E-state index is 9.48. The largest absolute Gasteiger partial charge is 0.394 e. The van der Waals surface area contributed by atoms with E-state index in [1.165, 1.54) is 12.8 Å². The standard InChI is InChI=1S/C12H20ClN3O/c1-9-11(13)7-16(15-9)6-5-12(2,8-17)14-10-3-4-10/h7,10,14,17H,3-6,8H2,1-2H3. The summed E-state index contributed by atoms with van der Waals surface area (Å²) in [6.07, 6.45) is 5.13. The maximum absolute atomic E-state index is 9.48. The fourth-order valence-corrected chi connectivity index (χ4v) is 2.04. The molecule has 5 heteroatoms. The maximum Gasteiger partial charge on any atom is 0.0814 e. The SMILES string of the molecule is Cc1nn(CCC(C)(CO)NC2CC2)cc1Cl. The van der Waals surface area contributed by atoms with E-state index >= 15 is 0 Å². The van der Waals surface area contributed by atoms with E-state index in [4.69, 9.17) is 11.6 Å². The number of aryl methyl sites for hydroxylation is 2. The Morgan fingerprint density at radius 2 is 2.35 bits per heavy atom. The van der Waals surface area contributed by atoms with Crippen LogP contribution in [0, 0.1) is 6.92 Å². The quantitative estimate of drug-likeness (QED) is 0.816. The second-order valence-corrected chi connectivity index (χ2v) is 5.62. The van der Waals surface area contributed by atoms with Gasteiger partial charge in [0.2, 0.25) is 0 Å². The van der Waals surface area contributed by atoms with Gasteiger partial charge in [0.25, 0.3) is 0 Å². The van der Waals surface area contributed by atoms with Crippen molar-refractivity contribution in [1.29, 1.82) is 0 Å². The monoisotopic (exact) mass is 257 g/mol. The minimum absolute atomic E-state index is 0.150. The highest BCUT2D eigenvalue weighted by atomic mass is 35.5. The fraction of sp³-hybridized carbons (Fsp3) is 0.750. The molecule has 1 aromatic rings. The van der Waals surface area contributed by atoms with Crippen LogP contribution in [0.25, 0.3) is 0 Å². The van der Waals surface area contributed by atoms with Crippen LogP contribution >= 0.6 is 11.6 Å². The normalized spacial score (nSPS) is 19.3. The Bertz CT molecular complexity index is 370. The van der Waals surface area contributed by atoms with E-state index in [0.29, 0.717) is 11.1 Å². The van der Waals surface area contributed by atoms with E-state index in [9.17, 15) is 5.11 Å². The van der Waals surface area contributed by atoms with Crippen LogP contribution in [0.5, 0.6) is 0 Å². The van der Waals surface area contributed by atoms with Crippen LogP contribution < -0.4 is 5.32 Å². The number of aromatic nitrogens is 2. The van der Waals surface area contributed by atoms with Crippen LogP contribution in [0.4, 0.5) is 0 Å². The number of nitrogens with zero attached hydrogens (tertiary/aromatic N) is 2. The molecular formula is C12H20ClN3O. The third kappa shape index (κ3) is 3.44. The van der Waals surface area contributed by atoms with Crippen molar-refractivity contribution in [3.8, 4) is 0 Å². The summed E-state index contributed by atoms with van der Waals surface area (Å²) in [6, 6.07) is 0.593. The molecule has 2 rings (SSSR count). The molecular weight excluding hydrogens is 238 g/mol. The number of halogens is 1. The van der Waals surface area contributed by atoms with Crippen LogP contribution in [0.15, 0.2) is 6.20 Å². The Labute approximate surface area is 107 Å². The Hall–Kier alpha value is -0.580. The Morgan fingerprint density at radius 1 is 1.65 bits per heavy atom. The van der Waals surface area contributed by atoms with Gasteiger partial charge < -0.3 is 10.4 Å². The van der Waals surface area contributed by atoms with Gasteiger partial charge in [-0.15, -0.1) is 0 Å². The number of rotatable bonds is 6. The third-order valence-corrected chi connectivity index (χ3v) is 3.63. The lowest BCUT2D eigenvalue weighted by atomic mass is 9.99. The van der Waals surface area contributed by atoms with Crippen molar-refractivity contribution in [2.75, 3.05) is 6.61 Å². The molecule has 0 aromatic carbocycles. The highest BCUT2D eigenvalue weighted by Crippen LogP contribution is 2.24. The first-order valence-corrected chi connectivity index (χ1v) is 6.48. The zero-order chi connectivity index (χ0) is 12.5. The molecule has 0 aliphatic heterocycles. The second kappa shape index (κ2) is 4.96. The second-order valence-electron chi connectivity index (χ2n) is 5.21. The highest BCUT2D eigenvalue weighted by Gasteiger charge is 2.31. The van der Waals surface area contributed by atoms with E-state index in [1.54, 1.807) is 0 Å². The fourth-order valence-electron chi connectivity index (χ4n) is 1.89. The average Bonchev–Trinajstić information content (AvgIpc) is 3.03. The van der Waals surface area contributed by atoms with Gasteiger partial charge in [-0.2, -0.15) is 5.10 Å². The molecule has 1 unspecified atom stereocenters. The van der Waals surface area contributed by atoms with Gasteiger partial charge in [-0.05, 0) is 33.1 Å². The van der Waals surface area contributed by atoms with Gasteiger partial charge in [-0.3, -0.25) is 4.68 Å². The van der Waals surface area contributed by atoms with Gasteiger partial charge in [0.15, 0.2) is 0 Å².